The third kappa shape index (κ3) is 4.64. The Morgan fingerprint density at radius 2 is 1.80 bits per heavy atom. The Labute approximate surface area is 175 Å². The molecule has 1 atom stereocenters. The minimum atomic E-state index is -4.69. The average molecular weight is 445 g/mol. The minimum Gasteiger partial charge on any atom is -0.344 e. The van der Waals surface area contributed by atoms with E-state index in [-0.39, 0.29) is 22.0 Å². The van der Waals surface area contributed by atoms with Gasteiger partial charge in [-0.05, 0) is 44.9 Å². The molecule has 0 aromatic carbocycles. The molecule has 0 radical (unpaired) electrons. The lowest BCUT2D eigenvalue weighted by Crippen LogP contribution is -2.46. The minimum absolute atomic E-state index is 0.129. The summed E-state index contributed by atoms with van der Waals surface area (Å²) in [5, 5.41) is 4.48. The first kappa shape index (κ1) is 23.4. The number of nitrogens with one attached hydrogen (secondary N) is 2. The Morgan fingerprint density at radius 3 is 2.37 bits per heavy atom. The van der Waals surface area contributed by atoms with Gasteiger partial charge in [0.2, 0.25) is 0 Å². The van der Waals surface area contributed by atoms with Crippen LogP contribution in [0.2, 0.25) is 5.15 Å². The van der Waals surface area contributed by atoms with Crippen LogP contribution in [-0.4, -0.2) is 39.4 Å². The maximum atomic E-state index is 12.8. The van der Waals surface area contributed by atoms with Gasteiger partial charge in [0.15, 0.2) is 0 Å². The van der Waals surface area contributed by atoms with Crippen molar-refractivity contribution in [2.75, 3.05) is 5.32 Å². The molecule has 0 spiro atoms. The van der Waals surface area contributed by atoms with Crippen LogP contribution in [0.15, 0.2) is 12.3 Å². The normalized spacial score (nSPS) is 12.4. The largest absolute Gasteiger partial charge is 0.408 e. The summed E-state index contributed by atoms with van der Waals surface area (Å²) in [6, 6.07) is -0.738. The van der Waals surface area contributed by atoms with Gasteiger partial charge in [-0.25, -0.2) is 4.98 Å². The number of hydrogen-bond acceptors (Lipinski definition) is 4. The molecule has 0 unspecified atom stereocenters. The summed E-state index contributed by atoms with van der Waals surface area (Å²) in [7, 11) is 1.45. The number of aryl methyl sites for hydroxylation is 1. The summed E-state index contributed by atoms with van der Waals surface area (Å²) in [5.74, 6) is -3.14. The maximum Gasteiger partial charge on any atom is 0.408 e. The number of hydrogen-bond donors (Lipinski definition) is 2. The number of anilines is 1. The Hall–Kier alpha value is -2.88. The molecule has 162 valence electrons. The number of Topliss-reactive ketones (excluding diaryl/α,β-unsaturated/α-hetero) is 1. The molecule has 2 rings (SSSR count). The molecule has 2 heterocycles. The quantitative estimate of drug-likeness (QED) is 0.419. The highest BCUT2D eigenvalue weighted by Crippen LogP contribution is 2.25. The van der Waals surface area contributed by atoms with E-state index in [1.165, 1.54) is 30.8 Å². The number of carbonyl (C=O) groups excluding carboxylic acids is 3. The number of alkyl halides is 3. The third-order valence-electron chi connectivity index (χ3n) is 4.74. The maximum absolute atomic E-state index is 12.8. The van der Waals surface area contributed by atoms with Crippen molar-refractivity contribution in [2.45, 2.75) is 39.9 Å². The first-order valence-electron chi connectivity index (χ1n) is 8.77. The topological polar surface area (TPSA) is 93.1 Å². The molecule has 0 aliphatic rings. The van der Waals surface area contributed by atoms with Gasteiger partial charge in [-0.15, -0.1) is 0 Å². The Morgan fingerprint density at radius 1 is 1.20 bits per heavy atom. The summed E-state index contributed by atoms with van der Waals surface area (Å²) >= 11 is 5.85. The molecule has 0 aliphatic carbocycles. The smallest absolute Gasteiger partial charge is 0.344 e. The number of carbonyl (C=O) groups is 3. The van der Waals surface area contributed by atoms with Gasteiger partial charge in [0.1, 0.15) is 11.2 Å². The monoisotopic (exact) mass is 444 g/mol. The van der Waals surface area contributed by atoms with Crippen LogP contribution in [0.4, 0.5) is 18.9 Å². The molecule has 0 saturated carbocycles. The SMILES string of the molecule is Cc1cnc(Cl)cc1NC(=O)c1c(C)c(C(=O)C(=O)N[C@H](C)C(F)(F)F)n(C)c1C. The second kappa shape index (κ2) is 8.47. The fraction of sp³-hybridized carbons (Fsp3) is 0.368. The molecule has 11 heteroatoms. The van der Waals surface area contributed by atoms with Gasteiger partial charge in [-0.2, -0.15) is 13.2 Å². The predicted molar refractivity (Wildman–Crippen MR) is 105 cm³/mol. The Balaban J connectivity index is 2.36. The molecule has 2 aromatic rings. The fourth-order valence-electron chi connectivity index (χ4n) is 2.90. The highest BCUT2D eigenvalue weighted by molar-refractivity contribution is 6.43. The molecule has 2 amide bonds. The lowest BCUT2D eigenvalue weighted by atomic mass is 10.1. The molecule has 2 N–H and O–H groups in total. The van der Waals surface area contributed by atoms with E-state index in [4.69, 9.17) is 11.6 Å². The summed E-state index contributed by atoms with van der Waals surface area (Å²) in [6.07, 6.45) is -3.21. The van der Waals surface area contributed by atoms with E-state index in [1.54, 1.807) is 19.2 Å². The molecule has 0 bridgehead atoms. The average Bonchev–Trinajstić information content (AvgIpc) is 2.85. The van der Waals surface area contributed by atoms with Crippen LogP contribution in [0.25, 0.3) is 0 Å². The van der Waals surface area contributed by atoms with Crippen LogP contribution in [0.3, 0.4) is 0 Å². The summed E-state index contributed by atoms with van der Waals surface area (Å²) in [6.45, 7) is 5.45. The summed E-state index contributed by atoms with van der Waals surface area (Å²) in [5.41, 5.74) is 1.55. The Bertz CT molecular complexity index is 1030. The van der Waals surface area contributed by atoms with E-state index in [2.05, 4.69) is 10.3 Å². The van der Waals surface area contributed by atoms with Crippen LogP contribution < -0.4 is 10.6 Å². The lowest BCUT2D eigenvalue weighted by molar-refractivity contribution is -0.156. The van der Waals surface area contributed by atoms with Crippen molar-refractivity contribution in [3.05, 3.63) is 45.5 Å². The van der Waals surface area contributed by atoms with Crippen molar-refractivity contribution in [1.29, 1.82) is 0 Å². The highest BCUT2D eigenvalue weighted by Gasteiger charge is 2.39. The number of amides is 2. The van der Waals surface area contributed by atoms with E-state index in [9.17, 15) is 27.6 Å². The zero-order chi connectivity index (χ0) is 23.0. The number of nitrogens with zero attached hydrogens (tertiary/aromatic N) is 2. The zero-order valence-corrected chi connectivity index (χ0v) is 17.6. The second-order valence-corrected chi connectivity index (χ2v) is 7.22. The number of pyridine rings is 1. The molecule has 2 aromatic heterocycles. The first-order valence-corrected chi connectivity index (χ1v) is 9.14. The standard InChI is InChI=1S/C19H20ClF3N4O3/c1-8-7-24-13(20)6-12(8)26-17(29)14-9(2)15(27(5)10(14)3)16(28)18(30)25-11(4)19(21,22)23/h6-7,11H,1-5H3,(H,25,30)(H,24,26,29)/t11-/m1/s1. The van der Waals surface area contributed by atoms with E-state index in [1.807, 2.05) is 0 Å². The van der Waals surface area contributed by atoms with Crippen molar-refractivity contribution in [3.63, 3.8) is 0 Å². The lowest BCUT2D eigenvalue weighted by Gasteiger charge is -2.16. The predicted octanol–water partition coefficient (Wildman–Crippen LogP) is 3.50. The molecular weight excluding hydrogens is 425 g/mol. The first-order chi connectivity index (χ1) is 13.8. The van der Waals surface area contributed by atoms with Crippen molar-refractivity contribution in [3.8, 4) is 0 Å². The van der Waals surface area contributed by atoms with Crippen molar-refractivity contribution in [1.82, 2.24) is 14.9 Å². The van der Waals surface area contributed by atoms with Gasteiger partial charge in [-0.1, -0.05) is 11.6 Å². The van der Waals surface area contributed by atoms with Crippen LogP contribution in [0.1, 0.15) is 44.6 Å². The van der Waals surface area contributed by atoms with E-state index in [0.29, 0.717) is 16.9 Å². The molecule has 30 heavy (non-hydrogen) atoms. The van der Waals surface area contributed by atoms with Gasteiger partial charge in [-0.3, -0.25) is 14.4 Å². The highest BCUT2D eigenvalue weighted by atomic mass is 35.5. The van der Waals surface area contributed by atoms with Crippen molar-refractivity contribution >= 4 is 34.9 Å². The summed E-state index contributed by atoms with van der Waals surface area (Å²) < 4.78 is 39.3. The van der Waals surface area contributed by atoms with Crippen molar-refractivity contribution in [2.24, 2.45) is 7.05 Å². The Kier molecular flexibility index (Phi) is 6.60. The molecule has 0 saturated heterocycles. The second-order valence-electron chi connectivity index (χ2n) is 6.83. The van der Waals surface area contributed by atoms with Crippen molar-refractivity contribution < 1.29 is 27.6 Å². The van der Waals surface area contributed by atoms with E-state index >= 15 is 0 Å². The van der Waals surface area contributed by atoms with Crippen LogP contribution in [0.5, 0.6) is 0 Å². The fourth-order valence-corrected chi connectivity index (χ4v) is 3.06. The van der Waals surface area contributed by atoms with Crippen LogP contribution in [0, 0.1) is 20.8 Å². The molecule has 7 nitrogen and oxygen atoms in total. The molecule has 0 fully saturated rings. The van der Waals surface area contributed by atoms with Gasteiger partial charge in [0, 0.05) is 24.6 Å². The molecular formula is C19H20ClF3N4O3. The van der Waals surface area contributed by atoms with Crippen LogP contribution >= 0.6 is 11.6 Å². The van der Waals surface area contributed by atoms with E-state index < -0.39 is 29.8 Å². The van der Waals surface area contributed by atoms with Gasteiger partial charge >= 0.3 is 6.18 Å². The van der Waals surface area contributed by atoms with Crippen LogP contribution in [-0.2, 0) is 11.8 Å². The third-order valence-corrected chi connectivity index (χ3v) is 4.94. The van der Waals surface area contributed by atoms with Gasteiger partial charge in [0.25, 0.3) is 17.6 Å². The zero-order valence-electron chi connectivity index (χ0n) is 16.9. The molecule has 0 aliphatic heterocycles. The summed E-state index contributed by atoms with van der Waals surface area (Å²) in [4.78, 5) is 41.3. The number of aromatic nitrogens is 2. The van der Waals surface area contributed by atoms with E-state index in [0.717, 1.165) is 6.92 Å². The van der Waals surface area contributed by atoms with Gasteiger partial charge in [0.05, 0.1) is 11.3 Å². The number of rotatable bonds is 5. The number of halogens is 4. The van der Waals surface area contributed by atoms with Gasteiger partial charge < -0.3 is 15.2 Å². The number of ketones is 1.